The Morgan fingerprint density at radius 2 is 1.00 bits per heavy atom. The van der Waals surface area contributed by atoms with Crippen LogP contribution in [0.3, 0.4) is 0 Å². The van der Waals surface area contributed by atoms with Gasteiger partial charge in [-0.05, 0) is 88.3 Å². The minimum atomic E-state index is 0.183. The van der Waals surface area contributed by atoms with Crippen LogP contribution in [0.5, 0.6) is 17.2 Å². The second kappa shape index (κ2) is 12.5. The van der Waals surface area contributed by atoms with Gasteiger partial charge >= 0.3 is 0 Å². The number of nitrogens with zero attached hydrogens (tertiary/aromatic N) is 2. The molecule has 13 rings (SSSR count). The van der Waals surface area contributed by atoms with E-state index in [0.717, 1.165) is 94.5 Å². The largest absolute Gasteiger partial charge is 0.507 e. The molecule has 6 heteroatoms. The van der Waals surface area contributed by atoms with Gasteiger partial charge in [0.2, 0.25) is 7.28 Å². The maximum atomic E-state index is 12.2. The molecule has 0 unspecified atom stereocenters. The summed E-state index contributed by atoms with van der Waals surface area (Å²) in [5.41, 5.74) is 13.5. The summed E-state index contributed by atoms with van der Waals surface area (Å²) in [7, 11) is 2.20. The summed E-state index contributed by atoms with van der Waals surface area (Å²) in [6.45, 7) is 0. The topological polar surface area (TPSA) is 52.5 Å². The number of ether oxygens (including phenoxy) is 1. The van der Waals surface area contributed by atoms with Crippen LogP contribution in [0.4, 0.5) is 0 Å². The molecule has 9 aromatic carbocycles. The number of hydrogen-bond donors (Lipinski definition) is 1. The zero-order chi connectivity index (χ0) is 39.5. The number of benzene rings is 9. The fourth-order valence-corrected chi connectivity index (χ4v) is 9.70. The lowest BCUT2D eigenvalue weighted by molar-refractivity contribution is 0.477. The number of furan rings is 1. The Hall–Kier alpha value is -7.96. The molecule has 279 valence electrons. The van der Waals surface area contributed by atoms with E-state index < -0.39 is 0 Å². The molecule has 0 saturated heterocycles. The molecule has 4 heterocycles. The van der Waals surface area contributed by atoms with Gasteiger partial charge in [0.1, 0.15) is 28.4 Å². The smallest absolute Gasteiger partial charge is 0.202 e. The third-order valence-electron chi connectivity index (χ3n) is 12.3. The van der Waals surface area contributed by atoms with E-state index in [2.05, 4.69) is 174 Å². The van der Waals surface area contributed by atoms with E-state index in [9.17, 15) is 5.11 Å². The second-order valence-electron chi connectivity index (χ2n) is 15.6. The van der Waals surface area contributed by atoms with E-state index in [0.29, 0.717) is 5.56 Å². The van der Waals surface area contributed by atoms with Crippen LogP contribution in [0.1, 0.15) is 0 Å². The number of fused-ring (bicyclic) bond motifs is 11. The molecule has 3 aromatic heterocycles. The van der Waals surface area contributed by atoms with E-state index >= 15 is 0 Å². The highest BCUT2D eigenvalue weighted by molar-refractivity contribution is 6.71. The third kappa shape index (κ3) is 4.76. The highest BCUT2D eigenvalue weighted by Gasteiger charge is 2.27. The molecule has 0 amide bonds. The van der Waals surface area contributed by atoms with Crippen molar-refractivity contribution in [2.45, 2.75) is 0 Å². The first kappa shape index (κ1) is 33.1. The first-order valence-corrected chi connectivity index (χ1v) is 20.2. The zero-order valence-electron chi connectivity index (χ0n) is 32.1. The van der Waals surface area contributed by atoms with Crippen LogP contribution >= 0.6 is 0 Å². The van der Waals surface area contributed by atoms with Crippen LogP contribution in [0.2, 0.25) is 0 Å². The fraction of sp³-hybridized carbons (Fsp3) is 0. The van der Waals surface area contributed by atoms with E-state index in [1.165, 1.54) is 21.5 Å². The van der Waals surface area contributed by atoms with Crippen molar-refractivity contribution in [3.63, 3.8) is 0 Å². The Balaban J connectivity index is 1.01. The standard InChI is InChI=1S/C54H32BN2O3/c58-48-30-33(56-44-18-6-1-12-36(44)37-13-2-7-19-45(37)56)25-26-40(48)42-29-34(57-46-20-8-3-14-38(46)39-15-4-9-21-47(39)57)31-52-54(42)55-43-28-32(24-27-50(43)60-52)35-17-11-23-51-53(35)41-16-5-10-22-49(41)59-51/h1-31,58H. The summed E-state index contributed by atoms with van der Waals surface area (Å²) in [6.07, 6.45) is 0. The van der Waals surface area contributed by atoms with Crippen LogP contribution in [0, 0.1) is 0 Å². The molecule has 0 spiro atoms. The molecule has 5 nitrogen and oxygen atoms in total. The molecule has 1 aliphatic rings. The lowest BCUT2D eigenvalue weighted by Crippen LogP contribution is -2.35. The molecule has 0 aliphatic carbocycles. The van der Waals surface area contributed by atoms with Crippen LogP contribution in [0.15, 0.2) is 192 Å². The Labute approximate surface area is 344 Å². The van der Waals surface area contributed by atoms with Crippen molar-refractivity contribution in [2.75, 3.05) is 0 Å². The van der Waals surface area contributed by atoms with Crippen LogP contribution in [-0.2, 0) is 0 Å². The van der Waals surface area contributed by atoms with E-state index in [1.807, 2.05) is 30.3 Å². The molecule has 12 aromatic rings. The lowest BCUT2D eigenvalue weighted by Gasteiger charge is -2.25. The molecule has 1 aliphatic heterocycles. The number of para-hydroxylation sites is 5. The van der Waals surface area contributed by atoms with Crippen LogP contribution in [-0.4, -0.2) is 21.5 Å². The highest BCUT2D eigenvalue weighted by atomic mass is 16.5. The van der Waals surface area contributed by atoms with Gasteiger partial charge < -0.3 is 23.4 Å². The maximum Gasteiger partial charge on any atom is 0.202 e. The number of phenolic OH excluding ortho intramolecular Hbond substituents is 1. The summed E-state index contributed by atoms with van der Waals surface area (Å²) in [6, 6.07) is 65.1. The average molecular weight is 768 g/mol. The van der Waals surface area contributed by atoms with Crippen molar-refractivity contribution in [2.24, 2.45) is 0 Å². The van der Waals surface area contributed by atoms with E-state index in [-0.39, 0.29) is 5.75 Å². The molecule has 1 radical (unpaired) electrons. The number of aromatic nitrogens is 2. The molecular weight excluding hydrogens is 735 g/mol. The predicted molar refractivity (Wildman–Crippen MR) is 246 cm³/mol. The first-order valence-electron chi connectivity index (χ1n) is 20.2. The molecule has 1 N–H and O–H groups in total. The normalized spacial score (nSPS) is 12.3. The summed E-state index contributed by atoms with van der Waals surface area (Å²) >= 11 is 0. The monoisotopic (exact) mass is 767 g/mol. The molecule has 60 heavy (non-hydrogen) atoms. The molecule has 0 bridgehead atoms. The third-order valence-corrected chi connectivity index (χ3v) is 12.3. The van der Waals surface area contributed by atoms with E-state index in [4.69, 9.17) is 9.15 Å². The van der Waals surface area contributed by atoms with Gasteiger partial charge in [-0.2, -0.15) is 0 Å². The van der Waals surface area contributed by atoms with Gasteiger partial charge in [0.15, 0.2) is 0 Å². The van der Waals surface area contributed by atoms with Gasteiger partial charge in [0.25, 0.3) is 0 Å². The van der Waals surface area contributed by atoms with Gasteiger partial charge in [-0.25, -0.2) is 0 Å². The lowest BCUT2D eigenvalue weighted by atomic mass is 9.59. The van der Waals surface area contributed by atoms with Gasteiger partial charge in [-0.1, -0.05) is 115 Å². The summed E-state index contributed by atoms with van der Waals surface area (Å²) in [5, 5.41) is 19.1. The van der Waals surface area contributed by atoms with Crippen molar-refractivity contribution in [3.05, 3.63) is 188 Å². The number of rotatable bonds is 4. The van der Waals surface area contributed by atoms with Crippen LogP contribution in [0.25, 0.3) is 99.2 Å². The Kier molecular flexibility index (Phi) is 6.90. The van der Waals surface area contributed by atoms with Gasteiger partial charge in [0.05, 0.1) is 27.8 Å². The minimum Gasteiger partial charge on any atom is -0.507 e. The zero-order valence-corrected chi connectivity index (χ0v) is 32.1. The first-order chi connectivity index (χ1) is 29.7. The summed E-state index contributed by atoms with van der Waals surface area (Å²) in [5.74, 6) is 1.67. The van der Waals surface area contributed by atoms with Crippen molar-refractivity contribution >= 4 is 83.8 Å². The molecule has 0 atom stereocenters. The van der Waals surface area contributed by atoms with Crippen molar-refractivity contribution in [1.29, 1.82) is 0 Å². The maximum absolute atomic E-state index is 12.2. The highest BCUT2D eigenvalue weighted by Crippen LogP contribution is 2.42. The van der Waals surface area contributed by atoms with Gasteiger partial charge in [-0.15, -0.1) is 0 Å². The minimum absolute atomic E-state index is 0.183. The van der Waals surface area contributed by atoms with Crippen molar-refractivity contribution < 1.29 is 14.3 Å². The number of aromatic hydroxyl groups is 1. The predicted octanol–water partition coefficient (Wildman–Crippen LogP) is 12.6. The quantitative estimate of drug-likeness (QED) is 0.182. The second-order valence-corrected chi connectivity index (χ2v) is 15.6. The van der Waals surface area contributed by atoms with Gasteiger partial charge in [0, 0.05) is 55.7 Å². The Bertz CT molecular complexity index is 3650. The molecular formula is C54H32BN2O3. The van der Waals surface area contributed by atoms with Crippen LogP contribution < -0.4 is 15.7 Å². The summed E-state index contributed by atoms with van der Waals surface area (Å²) < 4.78 is 17.7. The van der Waals surface area contributed by atoms with E-state index in [1.54, 1.807) is 0 Å². The van der Waals surface area contributed by atoms with Crippen molar-refractivity contribution in [3.8, 4) is 50.9 Å². The Morgan fingerprint density at radius 1 is 0.417 bits per heavy atom. The number of phenols is 1. The fourth-order valence-electron chi connectivity index (χ4n) is 9.70. The Morgan fingerprint density at radius 3 is 1.65 bits per heavy atom. The van der Waals surface area contributed by atoms with Crippen molar-refractivity contribution in [1.82, 2.24) is 9.13 Å². The average Bonchev–Trinajstić information content (AvgIpc) is 3.96. The summed E-state index contributed by atoms with van der Waals surface area (Å²) in [4.78, 5) is 0. The SMILES string of the molecule is Oc1cc(-n2c3ccccc3c3ccccc32)ccc1-c1cc(-n2c3ccccc3c3ccccc32)cc2c1[B]c1cc(-c3cccc4oc5ccccc5c34)ccc1O2. The molecule has 0 fully saturated rings. The number of hydrogen-bond acceptors (Lipinski definition) is 3. The molecule has 0 saturated carbocycles. The van der Waals surface area contributed by atoms with Gasteiger partial charge in [-0.3, -0.25) is 0 Å².